The zero-order valence-corrected chi connectivity index (χ0v) is 28.4. The van der Waals surface area contributed by atoms with Crippen LogP contribution in [0, 0.1) is 0 Å². The highest BCUT2D eigenvalue weighted by Gasteiger charge is 2.24. The van der Waals surface area contributed by atoms with Gasteiger partial charge in [0.05, 0.1) is 27.1 Å². The molecule has 8 rings (SSSR count). The van der Waals surface area contributed by atoms with Crippen LogP contribution in [0.25, 0.3) is 75.6 Å². The smallest absolute Gasteiger partial charge is 0.135 e. The van der Waals surface area contributed by atoms with E-state index < -0.39 is 0 Å². The number of nitrogens with zero attached hydrogens (tertiary/aromatic N) is 4. The van der Waals surface area contributed by atoms with E-state index in [2.05, 4.69) is 151 Å². The van der Waals surface area contributed by atoms with Crippen molar-refractivity contribution >= 4 is 53.3 Å². The summed E-state index contributed by atoms with van der Waals surface area (Å²) in [5.41, 5.74) is 8.02. The minimum absolute atomic E-state index is 0.185. The summed E-state index contributed by atoms with van der Waals surface area (Å²) in [5, 5.41) is 4.58. The lowest BCUT2D eigenvalue weighted by molar-refractivity contribution is 0.549. The van der Waals surface area contributed by atoms with E-state index in [1.807, 2.05) is 0 Å². The summed E-state index contributed by atoms with van der Waals surface area (Å²) in [6.07, 6.45) is 0. The largest absolute Gasteiger partial charge is 0.232 e. The number of hydrogen-bond donors (Lipinski definition) is 0. The second-order valence-corrected chi connectivity index (χ2v) is 15.5. The highest BCUT2D eigenvalue weighted by molar-refractivity contribution is 7.26. The number of benzene rings is 5. The summed E-state index contributed by atoms with van der Waals surface area (Å²) in [4.78, 5) is 20.7. The molecule has 5 heteroatoms. The molecule has 0 N–H and O–H groups in total. The maximum atomic E-state index is 5.21. The van der Waals surface area contributed by atoms with E-state index in [0.717, 1.165) is 71.8 Å². The third-order valence-electron chi connectivity index (χ3n) is 8.76. The number of aromatic nitrogens is 4. The summed E-state index contributed by atoms with van der Waals surface area (Å²) in [7, 11) is 0. The predicted octanol–water partition coefficient (Wildman–Crippen LogP) is 11.5. The Labute approximate surface area is 279 Å². The van der Waals surface area contributed by atoms with Crippen LogP contribution in [0.3, 0.4) is 0 Å². The molecule has 0 amide bonds. The predicted molar refractivity (Wildman–Crippen MR) is 199 cm³/mol. The van der Waals surface area contributed by atoms with Crippen molar-refractivity contribution < 1.29 is 0 Å². The van der Waals surface area contributed by atoms with Gasteiger partial charge in [-0.2, -0.15) is 0 Å². The third-order valence-corrected chi connectivity index (χ3v) is 9.92. The van der Waals surface area contributed by atoms with Gasteiger partial charge < -0.3 is 0 Å². The highest BCUT2D eigenvalue weighted by atomic mass is 32.1. The van der Waals surface area contributed by atoms with Gasteiger partial charge in [-0.15, -0.1) is 11.3 Å². The Morgan fingerprint density at radius 3 is 1.68 bits per heavy atom. The van der Waals surface area contributed by atoms with Crippen LogP contribution in [-0.4, -0.2) is 19.9 Å². The molecule has 3 aromatic heterocycles. The van der Waals surface area contributed by atoms with Crippen LogP contribution in [-0.2, 0) is 10.8 Å². The Hall–Kier alpha value is -5.00. The summed E-state index contributed by atoms with van der Waals surface area (Å²) >= 11 is 1.77. The van der Waals surface area contributed by atoms with Crippen LogP contribution < -0.4 is 0 Å². The minimum Gasteiger partial charge on any atom is -0.232 e. The first-order valence-corrected chi connectivity index (χ1v) is 17.0. The van der Waals surface area contributed by atoms with Crippen molar-refractivity contribution in [3.8, 4) is 33.6 Å². The molecule has 47 heavy (non-hydrogen) atoms. The Bertz CT molecular complexity index is 2500. The van der Waals surface area contributed by atoms with Gasteiger partial charge in [-0.1, -0.05) is 126 Å². The molecule has 0 aliphatic rings. The summed E-state index contributed by atoms with van der Waals surface area (Å²) in [5.74, 6) is 1.70. The first-order chi connectivity index (χ1) is 22.5. The molecule has 0 atom stereocenters. The Kier molecular flexibility index (Phi) is 6.75. The van der Waals surface area contributed by atoms with Crippen molar-refractivity contribution in [3.05, 3.63) is 121 Å². The molecular weight excluding hydrogens is 593 g/mol. The van der Waals surface area contributed by atoms with E-state index in [4.69, 9.17) is 19.9 Å². The van der Waals surface area contributed by atoms with Gasteiger partial charge in [-0.05, 0) is 40.8 Å². The molecule has 5 aromatic carbocycles. The van der Waals surface area contributed by atoms with Gasteiger partial charge in [0.15, 0.2) is 0 Å². The van der Waals surface area contributed by atoms with E-state index in [1.54, 1.807) is 11.3 Å². The summed E-state index contributed by atoms with van der Waals surface area (Å²) in [6, 6.07) is 38.9. The number of rotatable bonds is 3. The van der Waals surface area contributed by atoms with E-state index >= 15 is 0 Å². The quantitative estimate of drug-likeness (QED) is 0.183. The highest BCUT2D eigenvalue weighted by Crippen LogP contribution is 2.41. The Balaban J connectivity index is 1.30. The fourth-order valence-corrected chi connectivity index (χ4v) is 7.39. The second kappa shape index (κ2) is 10.8. The van der Waals surface area contributed by atoms with Gasteiger partial charge in [-0.25, -0.2) is 19.9 Å². The first kappa shape index (κ1) is 29.4. The van der Waals surface area contributed by atoms with Crippen LogP contribution in [0.1, 0.15) is 53.2 Å². The van der Waals surface area contributed by atoms with Gasteiger partial charge in [-0.3, -0.25) is 0 Å². The molecule has 0 fully saturated rings. The zero-order valence-electron chi connectivity index (χ0n) is 27.6. The molecule has 4 nitrogen and oxygen atoms in total. The van der Waals surface area contributed by atoms with Crippen LogP contribution in [0.2, 0.25) is 0 Å². The number of fused-ring (bicyclic) bond motifs is 6. The molecule has 8 aromatic rings. The van der Waals surface area contributed by atoms with E-state index in [9.17, 15) is 0 Å². The first-order valence-electron chi connectivity index (χ1n) is 16.2. The molecule has 0 unspecified atom stereocenters. The average Bonchev–Trinajstić information content (AvgIpc) is 3.45. The molecule has 0 spiro atoms. The molecule has 0 radical (unpaired) electrons. The molecule has 3 heterocycles. The van der Waals surface area contributed by atoms with Crippen molar-refractivity contribution in [2.45, 2.75) is 52.4 Å². The van der Waals surface area contributed by atoms with Crippen LogP contribution in [0.5, 0.6) is 0 Å². The SMILES string of the molecule is CC(C)(C)c1nc(-c2cccc(-c3cccc(-c4nc(C(C)(C)C)nc5c4sc4ccccc45)c3)c2)c2ccc3ccccc3c2n1. The van der Waals surface area contributed by atoms with Gasteiger partial charge in [0.25, 0.3) is 0 Å². The van der Waals surface area contributed by atoms with E-state index in [0.29, 0.717) is 0 Å². The number of hydrogen-bond acceptors (Lipinski definition) is 5. The summed E-state index contributed by atoms with van der Waals surface area (Å²) in [6.45, 7) is 13.1. The van der Waals surface area contributed by atoms with Crippen molar-refractivity contribution in [2.24, 2.45) is 0 Å². The topological polar surface area (TPSA) is 51.6 Å². The molecule has 0 bridgehead atoms. The lowest BCUT2D eigenvalue weighted by Crippen LogP contribution is -2.16. The lowest BCUT2D eigenvalue weighted by Gasteiger charge is -2.20. The van der Waals surface area contributed by atoms with Crippen LogP contribution >= 0.6 is 11.3 Å². The van der Waals surface area contributed by atoms with Gasteiger partial charge in [0.1, 0.15) is 11.6 Å². The van der Waals surface area contributed by atoms with Crippen molar-refractivity contribution in [1.29, 1.82) is 0 Å². The Morgan fingerprint density at radius 1 is 0.447 bits per heavy atom. The van der Waals surface area contributed by atoms with Gasteiger partial charge in [0.2, 0.25) is 0 Å². The third kappa shape index (κ3) is 5.15. The zero-order chi connectivity index (χ0) is 32.5. The number of thiophene rings is 1. The minimum atomic E-state index is -0.201. The molecular formula is C42H36N4S. The lowest BCUT2D eigenvalue weighted by atomic mass is 9.93. The van der Waals surface area contributed by atoms with Crippen LogP contribution in [0.15, 0.2) is 109 Å². The van der Waals surface area contributed by atoms with Gasteiger partial charge >= 0.3 is 0 Å². The van der Waals surface area contributed by atoms with Crippen molar-refractivity contribution in [3.63, 3.8) is 0 Å². The summed E-state index contributed by atoms with van der Waals surface area (Å²) < 4.78 is 2.35. The fourth-order valence-electron chi connectivity index (χ4n) is 6.23. The van der Waals surface area contributed by atoms with E-state index in [-0.39, 0.29) is 10.8 Å². The molecule has 0 saturated heterocycles. The molecule has 0 aliphatic heterocycles. The van der Waals surface area contributed by atoms with Gasteiger partial charge in [0, 0.05) is 42.8 Å². The van der Waals surface area contributed by atoms with E-state index in [1.165, 1.54) is 15.5 Å². The molecule has 0 aliphatic carbocycles. The molecule has 230 valence electrons. The monoisotopic (exact) mass is 628 g/mol. The fraction of sp³-hybridized carbons (Fsp3) is 0.190. The average molecular weight is 629 g/mol. The second-order valence-electron chi connectivity index (χ2n) is 14.4. The van der Waals surface area contributed by atoms with Crippen molar-refractivity contribution in [2.75, 3.05) is 0 Å². The standard InChI is InChI=1S/C42H36N4S/c1-41(2,3)39-43-34(32-22-21-25-13-7-8-18-30(25)36(32)45-39)28-16-11-14-26(23-28)27-15-12-17-29(24-27)35-38-37(46-40(44-35)42(4,5)6)31-19-9-10-20-33(31)47-38/h7-24H,1-6H3. The maximum absolute atomic E-state index is 5.21. The van der Waals surface area contributed by atoms with Crippen molar-refractivity contribution in [1.82, 2.24) is 19.9 Å². The maximum Gasteiger partial charge on any atom is 0.135 e. The normalized spacial score (nSPS) is 12.5. The molecule has 0 saturated carbocycles. The van der Waals surface area contributed by atoms with Crippen LogP contribution in [0.4, 0.5) is 0 Å². The Morgan fingerprint density at radius 2 is 1.00 bits per heavy atom.